The van der Waals surface area contributed by atoms with Gasteiger partial charge in [0.2, 0.25) is 0 Å². The summed E-state index contributed by atoms with van der Waals surface area (Å²) in [5.41, 5.74) is -0.449. The molecule has 0 saturated heterocycles. The molecule has 4 nitrogen and oxygen atoms in total. The van der Waals surface area contributed by atoms with Gasteiger partial charge >= 0.3 is 0 Å². The molecule has 0 bridgehead atoms. The van der Waals surface area contributed by atoms with Gasteiger partial charge in [-0.3, -0.25) is 0 Å². The lowest BCUT2D eigenvalue weighted by atomic mass is 10.1. The molecule has 1 aromatic heterocycles. The summed E-state index contributed by atoms with van der Waals surface area (Å²) in [5, 5.41) is 19.1. The Morgan fingerprint density at radius 1 is 1.59 bits per heavy atom. The minimum Gasteiger partial charge on any atom is -0.389 e. The van der Waals surface area contributed by atoms with Crippen molar-refractivity contribution in [1.82, 2.24) is 4.98 Å². The third kappa shape index (κ3) is 3.58. The molecule has 1 N–H and O–H groups in total. The summed E-state index contributed by atoms with van der Waals surface area (Å²) in [6.07, 6.45) is 1.55. The van der Waals surface area contributed by atoms with E-state index >= 15 is 0 Å². The van der Waals surface area contributed by atoms with Crippen LogP contribution >= 0.6 is 11.6 Å². The molecule has 1 rings (SSSR count). The highest BCUT2D eigenvalue weighted by Crippen LogP contribution is 2.27. The smallest absolute Gasteiger partial charge is 0.148 e. The van der Waals surface area contributed by atoms with Crippen LogP contribution in [0.3, 0.4) is 0 Å². The van der Waals surface area contributed by atoms with Crippen LogP contribution in [0.2, 0.25) is 5.02 Å². The molecular weight excluding hydrogens is 238 g/mol. The molecule has 5 heteroatoms. The lowest BCUT2D eigenvalue weighted by Crippen LogP contribution is -2.39. The molecule has 0 saturated carbocycles. The average molecular weight is 254 g/mol. The average Bonchev–Trinajstić information content (AvgIpc) is 2.25. The fraction of sp³-hybridized carbons (Fsp3) is 0.500. The number of aromatic nitrogens is 1. The normalized spacial score (nSPS) is 11.1. The van der Waals surface area contributed by atoms with Crippen molar-refractivity contribution < 1.29 is 5.11 Å². The fourth-order valence-corrected chi connectivity index (χ4v) is 1.82. The Hall–Kier alpha value is -1.31. The van der Waals surface area contributed by atoms with Gasteiger partial charge in [-0.1, -0.05) is 11.6 Å². The van der Waals surface area contributed by atoms with E-state index < -0.39 is 5.60 Å². The van der Waals surface area contributed by atoms with Crippen molar-refractivity contribution in [2.24, 2.45) is 0 Å². The maximum absolute atomic E-state index is 9.82. The Bertz CT molecular complexity index is 434. The number of anilines is 1. The summed E-state index contributed by atoms with van der Waals surface area (Å²) in [5.74, 6) is 0.537. The molecule has 0 radical (unpaired) electrons. The van der Waals surface area contributed by atoms with Gasteiger partial charge in [-0.25, -0.2) is 4.98 Å². The van der Waals surface area contributed by atoms with Crippen LogP contribution in [-0.4, -0.2) is 28.8 Å². The lowest BCUT2D eigenvalue weighted by Gasteiger charge is -2.29. The first-order chi connectivity index (χ1) is 7.89. The molecule has 0 spiro atoms. The predicted octanol–water partition coefficient (Wildman–Crippen LogP) is 2.20. The van der Waals surface area contributed by atoms with Crippen molar-refractivity contribution in [3.63, 3.8) is 0 Å². The van der Waals surface area contributed by atoms with Crippen LogP contribution in [0.1, 0.15) is 26.3 Å². The number of hydrogen-bond acceptors (Lipinski definition) is 4. The van der Waals surface area contributed by atoms with Gasteiger partial charge in [-0.2, -0.15) is 5.26 Å². The molecule has 92 valence electrons. The van der Waals surface area contributed by atoms with Crippen LogP contribution in [0.4, 0.5) is 5.82 Å². The molecule has 0 atom stereocenters. The van der Waals surface area contributed by atoms with Gasteiger partial charge in [0.05, 0.1) is 11.2 Å². The van der Waals surface area contributed by atoms with Crippen LogP contribution in [-0.2, 0) is 0 Å². The summed E-state index contributed by atoms with van der Waals surface area (Å²) in [6, 6.07) is 3.59. The van der Waals surface area contributed by atoms with Gasteiger partial charge < -0.3 is 10.0 Å². The second kappa shape index (κ2) is 5.35. The van der Waals surface area contributed by atoms with Crippen LogP contribution in [0.5, 0.6) is 0 Å². The van der Waals surface area contributed by atoms with E-state index in [4.69, 9.17) is 16.9 Å². The second-order valence-electron chi connectivity index (χ2n) is 4.43. The largest absolute Gasteiger partial charge is 0.389 e. The highest BCUT2D eigenvalue weighted by atomic mass is 35.5. The highest BCUT2D eigenvalue weighted by Gasteiger charge is 2.21. The molecule has 1 aromatic rings. The number of halogens is 1. The summed E-state index contributed by atoms with van der Waals surface area (Å²) in [7, 11) is 0. The Kier molecular flexibility index (Phi) is 4.33. The maximum atomic E-state index is 9.82. The summed E-state index contributed by atoms with van der Waals surface area (Å²) in [6.45, 7) is 6.45. The molecule has 0 aliphatic rings. The SMILES string of the molecule is CCN(CC(C)(C)O)c1nccc(C#N)c1Cl. The van der Waals surface area contributed by atoms with E-state index in [1.54, 1.807) is 26.1 Å². The highest BCUT2D eigenvalue weighted by molar-refractivity contribution is 6.34. The summed E-state index contributed by atoms with van der Waals surface area (Å²) < 4.78 is 0. The molecule has 0 unspecified atom stereocenters. The Balaban J connectivity index is 3.09. The minimum atomic E-state index is -0.844. The fourth-order valence-electron chi connectivity index (χ4n) is 1.54. The zero-order valence-electron chi connectivity index (χ0n) is 10.2. The number of rotatable bonds is 4. The van der Waals surface area contributed by atoms with E-state index in [9.17, 15) is 5.11 Å². The van der Waals surface area contributed by atoms with Crippen molar-refractivity contribution in [1.29, 1.82) is 5.26 Å². The van der Waals surface area contributed by atoms with Gasteiger partial charge in [-0.15, -0.1) is 0 Å². The van der Waals surface area contributed by atoms with E-state index in [-0.39, 0.29) is 0 Å². The Labute approximate surface area is 106 Å². The first kappa shape index (κ1) is 13.8. The van der Waals surface area contributed by atoms with Gasteiger partial charge in [0.25, 0.3) is 0 Å². The van der Waals surface area contributed by atoms with E-state index in [1.165, 1.54) is 0 Å². The Morgan fingerprint density at radius 3 is 2.71 bits per heavy atom. The molecule has 0 amide bonds. The first-order valence-electron chi connectivity index (χ1n) is 5.41. The third-order valence-corrected chi connectivity index (χ3v) is 2.62. The molecule has 17 heavy (non-hydrogen) atoms. The van der Waals surface area contributed by atoms with Crippen molar-refractivity contribution >= 4 is 17.4 Å². The van der Waals surface area contributed by atoms with Crippen LogP contribution in [0, 0.1) is 11.3 Å². The van der Waals surface area contributed by atoms with Crippen molar-refractivity contribution in [2.75, 3.05) is 18.0 Å². The van der Waals surface area contributed by atoms with Crippen LogP contribution < -0.4 is 4.90 Å². The van der Waals surface area contributed by atoms with Crippen molar-refractivity contribution in [3.05, 3.63) is 22.8 Å². The van der Waals surface area contributed by atoms with Gasteiger partial charge in [0.15, 0.2) is 0 Å². The zero-order valence-corrected chi connectivity index (χ0v) is 11.0. The summed E-state index contributed by atoms with van der Waals surface area (Å²) >= 11 is 6.10. The molecule has 1 heterocycles. The van der Waals surface area contributed by atoms with Gasteiger partial charge in [0, 0.05) is 19.3 Å². The van der Waals surface area contributed by atoms with Crippen LogP contribution in [0.15, 0.2) is 12.3 Å². The van der Waals surface area contributed by atoms with Gasteiger partial charge in [-0.05, 0) is 26.8 Å². The number of hydrogen-bond donors (Lipinski definition) is 1. The third-order valence-electron chi connectivity index (χ3n) is 2.25. The van der Waals surface area contributed by atoms with Gasteiger partial charge in [0.1, 0.15) is 16.9 Å². The Morgan fingerprint density at radius 2 is 2.24 bits per heavy atom. The zero-order chi connectivity index (χ0) is 13.1. The maximum Gasteiger partial charge on any atom is 0.148 e. The molecule has 0 fully saturated rings. The minimum absolute atomic E-state index is 0.334. The number of nitrogens with zero attached hydrogens (tertiary/aromatic N) is 3. The first-order valence-corrected chi connectivity index (χ1v) is 5.78. The van der Waals surface area contributed by atoms with E-state index in [2.05, 4.69) is 4.98 Å². The lowest BCUT2D eigenvalue weighted by molar-refractivity contribution is 0.0874. The number of likely N-dealkylation sites (N-methyl/N-ethyl adjacent to an activating group) is 1. The monoisotopic (exact) mass is 253 g/mol. The number of aliphatic hydroxyl groups is 1. The standard InChI is InChI=1S/C12H16ClN3O/c1-4-16(8-12(2,3)17)11-10(13)9(7-14)5-6-15-11/h5-6,17H,4,8H2,1-3H3. The van der Waals surface area contributed by atoms with Crippen molar-refractivity contribution in [2.45, 2.75) is 26.4 Å². The van der Waals surface area contributed by atoms with E-state index in [1.807, 2.05) is 17.9 Å². The number of nitriles is 1. The molecule has 0 aliphatic heterocycles. The predicted molar refractivity (Wildman–Crippen MR) is 68.1 cm³/mol. The number of pyridine rings is 1. The molecule has 0 aromatic carbocycles. The van der Waals surface area contributed by atoms with Crippen LogP contribution in [0.25, 0.3) is 0 Å². The van der Waals surface area contributed by atoms with E-state index in [0.717, 1.165) is 0 Å². The second-order valence-corrected chi connectivity index (χ2v) is 4.81. The quantitative estimate of drug-likeness (QED) is 0.894. The molecule has 0 aliphatic carbocycles. The summed E-state index contributed by atoms with van der Waals surface area (Å²) in [4.78, 5) is 6.02. The topological polar surface area (TPSA) is 60.1 Å². The van der Waals surface area contributed by atoms with Crippen molar-refractivity contribution in [3.8, 4) is 6.07 Å². The van der Waals surface area contributed by atoms with E-state index in [0.29, 0.717) is 29.5 Å². The molecular formula is C12H16ClN3O.